The number of aromatic amines is 2. The second kappa shape index (κ2) is 5.09. The molecular weight excluding hydrogens is 380 g/mol. The Kier molecular flexibility index (Phi) is 2.61. The van der Waals surface area contributed by atoms with Crippen LogP contribution in [0.5, 0.6) is 0 Å². The molecule has 2 aromatic carbocycles. The van der Waals surface area contributed by atoms with E-state index < -0.39 is 0 Å². The first-order chi connectivity index (χ1) is 14.7. The summed E-state index contributed by atoms with van der Waals surface area (Å²) in [4.78, 5) is 26.3. The lowest BCUT2D eigenvalue weighted by Gasteiger charge is -2.08. The first-order valence-corrected chi connectivity index (χ1v) is 9.36. The lowest BCUT2D eigenvalue weighted by molar-refractivity contribution is 0.104. The van der Waals surface area contributed by atoms with Gasteiger partial charge in [0.05, 0.1) is 22.3 Å². The van der Waals surface area contributed by atoms with E-state index in [1.165, 1.54) is 0 Å². The van der Waals surface area contributed by atoms with Crippen molar-refractivity contribution in [2.24, 2.45) is 0 Å². The van der Waals surface area contributed by atoms with Gasteiger partial charge in [-0.15, -0.1) is 5.10 Å². The minimum Gasteiger partial charge on any atom is -0.382 e. The van der Waals surface area contributed by atoms with Crippen molar-refractivity contribution >= 4 is 39.3 Å². The van der Waals surface area contributed by atoms with E-state index >= 15 is 0 Å². The number of imidazole rings is 1. The van der Waals surface area contributed by atoms with E-state index in [4.69, 9.17) is 15.7 Å². The van der Waals surface area contributed by atoms with Crippen LogP contribution in [-0.2, 0) is 0 Å². The third-order valence-electron chi connectivity index (χ3n) is 5.57. The van der Waals surface area contributed by atoms with Crippen LogP contribution in [-0.4, -0.2) is 40.5 Å². The maximum absolute atomic E-state index is 13.4. The Morgan fingerprint density at radius 2 is 1.77 bits per heavy atom. The summed E-state index contributed by atoms with van der Waals surface area (Å²) < 4.78 is 1.62. The normalized spacial score (nSPS) is 12.9. The predicted octanol–water partition coefficient (Wildman–Crippen LogP) is 2.94. The Hall–Kier alpha value is -4.53. The molecule has 6 aromatic rings. The van der Waals surface area contributed by atoms with Gasteiger partial charge < -0.3 is 10.7 Å². The summed E-state index contributed by atoms with van der Waals surface area (Å²) in [5, 5.41) is 12.1. The molecule has 4 heterocycles. The number of H-pyrrole nitrogens is 2. The van der Waals surface area contributed by atoms with Gasteiger partial charge in [-0.3, -0.25) is 9.89 Å². The van der Waals surface area contributed by atoms with Gasteiger partial charge in [-0.25, -0.2) is 14.5 Å². The second-order valence-corrected chi connectivity index (χ2v) is 7.23. The molecule has 0 amide bonds. The van der Waals surface area contributed by atoms with E-state index in [9.17, 15) is 4.79 Å². The minimum atomic E-state index is -0.101. The molecule has 0 unspecified atom stereocenters. The highest BCUT2D eigenvalue weighted by atomic mass is 16.1. The fourth-order valence-electron chi connectivity index (χ4n) is 4.25. The molecule has 0 spiro atoms. The van der Waals surface area contributed by atoms with Gasteiger partial charge >= 0.3 is 0 Å². The fraction of sp³-hybridized carbons (Fsp3) is 0. The van der Waals surface area contributed by atoms with Crippen LogP contribution in [0.4, 0.5) is 5.82 Å². The number of hydrogen-bond acceptors (Lipinski definition) is 6. The van der Waals surface area contributed by atoms with E-state index in [1.54, 1.807) is 4.52 Å². The number of nitrogens with one attached hydrogen (secondary N) is 2. The molecule has 0 aliphatic heterocycles. The Morgan fingerprint density at radius 3 is 2.63 bits per heavy atom. The van der Waals surface area contributed by atoms with Crippen molar-refractivity contribution < 1.29 is 4.79 Å². The van der Waals surface area contributed by atoms with Crippen molar-refractivity contribution in [3.8, 4) is 22.8 Å². The van der Waals surface area contributed by atoms with Gasteiger partial charge in [0.15, 0.2) is 28.7 Å². The zero-order valence-corrected chi connectivity index (χ0v) is 15.3. The van der Waals surface area contributed by atoms with Crippen LogP contribution in [0, 0.1) is 0 Å². The summed E-state index contributed by atoms with van der Waals surface area (Å²) in [6.07, 6.45) is 0. The highest BCUT2D eigenvalue weighted by Crippen LogP contribution is 2.41. The van der Waals surface area contributed by atoms with E-state index in [-0.39, 0.29) is 5.78 Å². The molecule has 7 rings (SSSR count). The largest absolute Gasteiger partial charge is 0.382 e. The van der Waals surface area contributed by atoms with Crippen molar-refractivity contribution in [3.05, 3.63) is 59.7 Å². The number of carbonyl (C=O) groups is 1. The number of nitrogens with zero attached hydrogens (tertiary/aromatic N) is 5. The third-order valence-corrected chi connectivity index (χ3v) is 5.57. The van der Waals surface area contributed by atoms with Gasteiger partial charge in [0, 0.05) is 11.1 Å². The van der Waals surface area contributed by atoms with Crippen LogP contribution in [0.15, 0.2) is 48.5 Å². The van der Waals surface area contributed by atoms with Crippen molar-refractivity contribution in [3.63, 3.8) is 0 Å². The second-order valence-electron chi connectivity index (χ2n) is 7.23. The topological polar surface area (TPSA) is 131 Å². The Morgan fingerprint density at radius 1 is 0.967 bits per heavy atom. The standard InChI is InChI=1S/C21H12N8O/c22-18-14-19(27-26-18)28-29-16(20-23-11-7-3-4-8-12(11)24-20)13-15(25-21(14)29)9-5-1-2-6-10(9)17(13)30/h1-8H,(H2,22,26)(H,23,24)(H,27,28). The molecule has 0 atom stereocenters. The van der Waals surface area contributed by atoms with Crippen molar-refractivity contribution in [1.29, 1.82) is 0 Å². The molecule has 9 heteroatoms. The zero-order valence-electron chi connectivity index (χ0n) is 15.3. The smallest absolute Gasteiger partial charge is 0.198 e. The van der Waals surface area contributed by atoms with Crippen LogP contribution in [0.3, 0.4) is 0 Å². The molecule has 0 bridgehead atoms. The molecule has 9 nitrogen and oxygen atoms in total. The number of carbonyl (C=O) groups excluding carboxylic acids is 1. The van der Waals surface area contributed by atoms with Crippen molar-refractivity contribution in [2.75, 3.05) is 5.73 Å². The number of hydrogen-bond donors (Lipinski definition) is 3. The summed E-state index contributed by atoms with van der Waals surface area (Å²) in [5.74, 6) is 0.744. The zero-order chi connectivity index (χ0) is 20.0. The Balaban J connectivity index is 1.69. The van der Waals surface area contributed by atoms with Crippen LogP contribution in [0.1, 0.15) is 15.9 Å². The molecule has 4 N–H and O–H groups in total. The highest BCUT2D eigenvalue weighted by Gasteiger charge is 2.35. The van der Waals surface area contributed by atoms with Crippen LogP contribution >= 0.6 is 0 Å². The summed E-state index contributed by atoms with van der Waals surface area (Å²) in [7, 11) is 0. The predicted molar refractivity (Wildman–Crippen MR) is 111 cm³/mol. The molecule has 1 aliphatic rings. The van der Waals surface area contributed by atoms with Gasteiger partial charge in [-0.05, 0) is 12.1 Å². The Labute approximate surface area is 167 Å². The molecule has 142 valence electrons. The summed E-state index contributed by atoms with van der Waals surface area (Å²) in [6, 6.07) is 15.2. The number of anilines is 1. The Bertz CT molecular complexity index is 1650. The van der Waals surface area contributed by atoms with E-state index in [0.29, 0.717) is 50.8 Å². The number of para-hydroxylation sites is 2. The number of aromatic nitrogens is 7. The average Bonchev–Trinajstić information content (AvgIpc) is 3.50. The summed E-state index contributed by atoms with van der Waals surface area (Å²) >= 11 is 0. The number of rotatable bonds is 1. The molecule has 1 aliphatic carbocycles. The number of nitrogens with two attached hydrogens (primary N) is 1. The molecule has 0 fully saturated rings. The van der Waals surface area contributed by atoms with Gasteiger partial charge in [0.25, 0.3) is 0 Å². The molecule has 0 saturated heterocycles. The maximum atomic E-state index is 13.4. The lowest BCUT2D eigenvalue weighted by atomic mass is 10.1. The SMILES string of the molecule is Nc1n[nH]c2nn3c(-c4nc5ccccc5[nH]4)c4c(nc3c12)-c1ccccc1C4=O. The number of benzene rings is 2. The third kappa shape index (κ3) is 1.74. The van der Waals surface area contributed by atoms with Gasteiger partial charge in [0.1, 0.15) is 11.1 Å². The molecule has 4 aromatic heterocycles. The van der Waals surface area contributed by atoms with Gasteiger partial charge in [-0.1, -0.05) is 36.4 Å². The van der Waals surface area contributed by atoms with Crippen LogP contribution in [0.25, 0.3) is 50.5 Å². The van der Waals surface area contributed by atoms with Crippen LogP contribution < -0.4 is 5.73 Å². The number of ketones is 1. The van der Waals surface area contributed by atoms with Crippen LogP contribution in [0.2, 0.25) is 0 Å². The quantitative estimate of drug-likeness (QED) is 0.394. The first kappa shape index (κ1) is 15.4. The van der Waals surface area contributed by atoms with E-state index in [1.807, 2.05) is 48.5 Å². The molecule has 30 heavy (non-hydrogen) atoms. The van der Waals surface area contributed by atoms with E-state index in [2.05, 4.69) is 20.3 Å². The summed E-state index contributed by atoms with van der Waals surface area (Å²) in [5.41, 5.74) is 11.8. The first-order valence-electron chi connectivity index (χ1n) is 9.36. The average molecular weight is 392 g/mol. The van der Waals surface area contributed by atoms with E-state index in [0.717, 1.165) is 16.6 Å². The lowest BCUT2D eigenvalue weighted by Crippen LogP contribution is -2.07. The summed E-state index contributed by atoms with van der Waals surface area (Å²) in [6.45, 7) is 0. The molecular formula is C21H12N8O. The monoisotopic (exact) mass is 392 g/mol. The van der Waals surface area contributed by atoms with Crippen molar-refractivity contribution in [1.82, 2.24) is 34.8 Å². The fourth-order valence-corrected chi connectivity index (χ4v) is 4.25. The van der Waals surface area contributed by atoms with Gasteiger partial charge in [0.2, 0.25) is 0 Å². The molecule has 0 radical (unpaired) electrons. The number of nitrogen functional groups attached to an aromatic ring is 1. The molecule has 0 saturated carbocycles. The minimum absolute atomic E-state index is 0.101. The van der Waals surface area contributed by atoms with Gasteiger partial charge in [-0.2, -0.15) is 5.10 Å². The maximum Gasteiger partial charge on any atom is 0.198 e. The number of fused-ring (bicyclic) bond motifs is 7. The highest BCUT2D eigenvalue weighted by molar-refractivity contribution is 6.24. The van der Waals surface area contributed by atoms with Crippen molar-refractivity contribution in [2.45, 2.75) is 0 Å².